The summed E-state index contributed by atoms with van der Waals surface area (Å²) in [5.74, 6) is -6.62. The molecule has 0 unspecified atom stereocenters. The van der Waals surface area contributed by atoms with E-state index in [1.165, 1.54) is 11.2 Å². The van der Waals surface area contributed by atoms with E-state index in [-0.39, 0.29) is 11.7 Å². The maximum Gasteiger partial charge on any atom is 0.289 e. The van der Waals surface area contributed by atoms with Crippen LogP contribution in [-0.4, -0.2) is 34.9 Å². The third kappa shape index (κ3) is 3.06. The molecule has 2 aromatic rings. The molecule has 2 aromatic heterocycles. The quantitative estimate of drug-likeness (QED) is 0.688. The topological polar surface area (TPSA) is 58.4 Å². The van der Waals surface area contributed by atoms with Gasteiger partial charge in [-0.15, -0.1) is 0 Å². The van der Waals surface area contributed by atoms with Crippen LogP contribution in [0.4, 0.5) is 23.2 Å². The first-order valence-corrected chi connectivity index (χ1v) is 7.26. The van der Waals surface area contributed by atoms with Crippen molar-refractivity contribution in [1.29, 1.82) is 0 Å². The Kier molecular flexibility index (Phi) is 4.41. The van der Waals surface area contributed by atoms with Crippen LogP contribution in [0.1, 0.15) is 23.4 Å². The van der Waals surface area contributed by atoms with Crippen LogP contribution in [-0.2, 0) is 0 Å². The highest BCUT2D eigenvalue weighted by atomic mass is 19.2. The third-order valence-electron chi connectivity index (χ3n) is 3.86. The molecule has 0 saturated carbocycles. The second kappa shape index (κ2) is 6.50. The van der Waals surface area contributed by atoms with Gasteiger partial charge in [-0.2, -0.15) is 22.5 Å². The number of carbonyl (C=O) groups excluding carboxylic acids is 1. The molecule has 3 heterocycles. The molecule has 0 spiro atoms. The maximum absolute atomic E-state index is 13.6. The van der Waals surface area contributed by atoms with Gasteiger partial charge in [0.2, 0.25) is 11.6 Å². The van der Waals surface area contributed by atoms with Crippen LogP contribution in [0.3, 0.4) is 0 Å². The predicted molar refractivity (Wildman–Crippen MR) is 75.3 cm³/mol. The van der Waals surface area contributed by atoms with Crippen LogP contribution < -0.4 is 5.32 Å². The van der Waals surface area contributed by atoms with Gasteiger partial charge in [0.25, 0.3) is 17.8 Å². The van der Waals surface area contributed by atoms with E-state index in [0.717, 1.165) is 0 Å². The van der Waals surface area contributed by atoms with Gasteiger partial charge in [-0.3, -0.25) is 4.79 Å². The van der Waals surface area contributed by atoms with Crippen molar-refractivity contribution in [2.75, 3.05) is 18.4 Å². The SMILES string of the molecule is O=C(c1ccco1)N1CCC(Nc2c(F)c(F)nc(F)c2F)CC1. The number of carbonyl (C=O) groups is 1. The highest BCUT2D eigenvalue weighted by molar-refractivity contribution is 5.91. The summed E-state index contributed by atoms with van der Waals surface area (Å²) in [4.78, 5) is 16.2. The molecule has 3 rings (SSSR count). The first-order chi connectivity index (χ1) is 11.5. The Morgan fingerprint density at radius 2 is 1.79 bits per heavy atom. The van der Waals surface area contributed by atoms with Gasteiger partial charge in [-0.25, -0.2) is 0 Å². The summed E-state index contributed by atoms with van der Waals surface area (Å²) in [5.41, 5.74) is -0.879. The highest BCUT2D eigenvalue weighted by Crippen LogP contribution is 2.25. The molecule has 24 heavy (non-hydrogen) atoms. The molecule has 1 saturated heterocycles. The molecule has 0 radical (unpaired) electrons. The summed E-state index contributed by atoms with van der Waals surface area (Å²) in [6.07, 6.45) is 2.10. The second-order valence-corrected chi connectivity index (χ2v) is 5.38. The molecule has 1 aliphatic heterocycles. The molecule has 1 aliphatic rings. The number of likely N-dealkylation sites (tertiary alicyclic amines) is 1. The molecule has 1 N–H and O–H groups in total. The third-order valence-corrected chi connectivity index (χ3v) is 3.86. The van der Waals surface area contributed by atoms with E-state index >= 15 is 0 Å². The molecule has 0 aliphatic carbocycles. The first kappa shape index (κ1) is 16.3. The molecule has 1 amide bonds. The van der Waals surface area contributed by atoms with Crippen molar-refractivity contribution in [3.8, 4) is 0 Å². The van der Waals surface area contributed by atoms with E-state index < -0.39 is 35.3 Å². The number of hydrogen-bond acceptors (Lipinski definition) is 4. The van der Waals surface area contributed by atoms with Crippen molar-refractivity contribution < 1.29 is 26.8 Å². The van der Waals surface area contributed by atoms with Gasteiger partial charge in [0.15, 0.2) is 5.76 Å². The van der Waals surface area contributed by atoms with E-state index in [1.54, 1.807) is 12.1 Å². The Bertz CT molecular complexity index is 717. The van der Waals surface area contributed by atoms with Gasteiger partial charge in [0.05, 0.1) is 6.26 Å². The van der Waals surface area contributed by atoms with Crippen molar-refractivity contribution in [2.24, 2.45) is 0 Å². The van der Waals surface area contributed by atoms with Crippen LogP contribution in [0.5, 0.6) is 0 Å². The number of hydrogen-bond donors (Lipinski definition) is 1. The van der Waals surface area contributed by atoms with Gasteiger partial charge in [-0.1, -0.05) is 0 Å². The normalized spacial score (nSPS) is 15.6. The fraction of sp³-hybridized carbons (Fsp3) is 0.333. The van der Waals surface area contributed by atoms with Crippen molar-refractivity contribution in [3.05, 3.63) is 47.7 Å². The lowest BCUT2D eigenvalue weighted by Gasteiger charge is -2.32. The van der Waals surface area contributed by atoms with Crippen molar-refractivity contribution in [3.63, 3.8) is 0 Å². The largest absolute Gasteiger partial charge is 0.459 e. The van der Waals surface area contributed by atoms with Crippen molar-refractivity contribution in [2.45, 2.75) is 18.9 Å². The molecule has 0 atom stereocenters. The number of piperidine rings is 1. The number of nitrogens with one attached hydrogen (secondary N) is 1. The van der Waals surface area contributed by atoms with Crippen molar-refractivity contribution >= 4 is 11.6 Å². The number of pyridine rings is 1. The first-order valence-electron chi connectivity index (χ1n) is 7.26. The van der Waals surface area contributed by atoms with Crippen LogP contribution in [0, 0.1) is 23.5 Å². The Morgan fingerprint density at radius 1 is 1.17 bits per heavy atom. The van der Waals surface area contributed by atoms with E-state index in [0.29, 0.717) is 25.9 Å². The molecule has 5 nitrogen and oxygen atoms in total. The van der Waals surface area contributed by atoms with Crippen LogP contribution in [0.25, 0.3) is 0 Å². The molecule has 0 aromatic carbocycles. The Hall–Kier alpha value is -2.58. The summed E-state index contributed by atoms with van der Waals surface area (Å²) in [7, 11) is 0. The Balaban J connectivity index is 1.65. The number of halogens is 4. The molecule has 128 valence electrons. The summed E-state index contributed by atoms with van der Waals surface area (Å²) in [6, 6.07) is 2.70. The van der Waals surface area contributed by atoms with E-state index in [4.69, 9.17) is 4.42 Å². The number of anilines is 1. The average Bonchev–Trinajstić information content (AvgIpc) is 3.11. The summed E-state index contributed by atoms with van der Waals surface area (Å²) >= 11 is 0. The molecule has 0 bridgehead atoms. The van der Waals surface area contributed by atoms with E-state index in [2.05, 4.69) is 10.3 Å². The van der Waals surface area contributed by atoms with Gasteiger partial charge < -0.3 is 14.6 Å². The molecule has 1 fully saturated rings. The van der Waals surface area contributed by atoms with Gasteiger partial charge in [0.1, 0.15) is 5.69 Å². The van der Waals surface area contributed by atoms with Gasteiger partial charge >= 0.3 is 0 Å². The summed E-state index contributed by atoms with van der Waals surface area (Å²) < 4.78 is 58.4. The van der Waals surface area contributed by atoms with E-state index in [9.17, 15) is 22.4 Å². The predicted octanol–water partition coefficient (Wildman–Crippen LogP) is 2.95. The standard InChI is InChI=1S/C15H13F4N3O2/c16-10-12(11(17)14(19)21-13(10)18)20-8-3-5-22(6-4-8)15(23)9-2-1-7-24-9/h1-2,7-8H,3-6H2,(H,20,21). The number of aromatic nitrogens is 1. The average molecular weight is 343 g/mol. The minimum absolute atomic E-state index is 0.205. The fourth-order valence-corrected chi connectivity index (χ4v) is 2.60. The van der Waals surface area contributed by atoms with Gasteiger partial charge in [-0.05, 0) is 25.0 Å². The lowest BCUT2D eigenvalue weighted by Crippen LogP contribution is -2.42. The van der Waals surface area contributed by atoms with E-state index in [1.807, 2.05) is 0 Å². The zero-order valence-electron chi connectivity index (χ0n) is 12.4. The second-order valence-electron chi connectivity index (χ2n) is 5.38. The smallest absolute Gasteiger partial charge is 0.289 e. The zero-order valence-corrected chi connectivity index (χ0v) is 12.4. The molecular weight excluding hydrogens is 330 g/mol. The van der Waals surface area contributed by atoms with Crippen LogP contribution in [0.2, 0.25) is 0 Å². The summed E-state index contributed by atoms with van der Waals surface area (Å²) in [6.45, 7) is 0.632. The highest BCUT2D eigenvalue weighted by Gasteiger charge is 2.28. The molecule has 9 heteroatoms. The zero-order chi connectivity index (χ0) is 17.3. The number of amides is 1. The lowest BCUT2D eigenvalue weighted by atomic mass is 10.0. The summed E-state index contributed by atoms with van der Waals surface area (Å²) in [5, 5.41) is 2.46. The van der Waals surface area contributed by atoms with Crippen LogP contribution in [0.15, 0.2) is 22.8 Å². The Labute approximate surface area is 134 Å². The minimum atomic E-state index is -1.71. The monoisotopic (exact) mass is 343 g/mol. The lowest BCUT2D eigenvalue weighted by molar-refractivity contribution is 0.0686. The number of nitrogens with zero attached hydrogens (tertiary/aromatic N) is 2. The Morgan fingerprint density at radius 3 is 2.33 bits per heavy atom. The minimum Gasteiger partial charge on any atom is -0.459 e. The van der Waals surface area contributed by atoms with Crippen molar-refractivity contribution in [1.82, 2.24) is 9.88 Å². The number of rotatable bonds is 3. The van der Waals surface area contributed by atoms with Gasteiger partial charge in [0, 0.05) is 19.1 Å². The molecular formula is C15H13F4N3O2. The van der Waals surface area contributed by atoms with Crippen LogP contribution >= 0.6 is 0 Å². The number of furan rings is 1. The fourth-order valence-electron chi connectivity index (χ4n) is 2.60. The maximum atomic E-state index is 13.6.